The van der Waals surface area contributed by atoms with Gasteiger partial charge in [-0.3, -0.25) is 0 Å². The summed E-state index contributed by atoms with van der Waals surface area (Å²) in [4.78, 5) is 0. The first-order valence-corrected chi connectivity index (χ1v) is 11.3. The third kappa shape index (κ3) is 5.95. The highest BCUT2D eigenvalue weighted by molar-refractivity contribution is 4.95. The minimum Gasteiger partial charge on any atom is -0.394 e. The van der Waals surface area contributed by atoms with E-state index in [9.17, 15) is 46.0 Å². The van der Waals surface area contributed by atoms with Gasteiger partial charge in [-0.1, -0.05) is 0 Å². The second kappa shape index (κ2) is 12.3. The lowest BCUT2D eigenvalue weighted by atomic mass is 9.95. The normalized spacial score (nSPS) is 51.3. The van der Waals surface area contributed by atoms with E-state index in [4.69, 9.17) is 28.4 Å². The zero-order valence-electron chi connectivity index (χ0n) is 19.3. The lowest BCUT2D eigenvalue weighted by Gasteiger charge is -2.46. The van der Waals surface area contributed by atoms with Crippen LogP contribution in [0.25, 0.3) is 0 Å². The Morgan fingerprint density at radius 1 is 0.600 bits per heavy atom. The van der Waals surface area contributed by atoms with Gasteiger partial charge in [-0.15, -0.1) is 0 Å². The minimum absolute atomic E-state index is 0.433. The van der Waals surface area contributed by atoms with Crippen molar-refractivity contribution in [1.82, 2.24) is 0 Å². The van der Waals surface area contributed by atoms with Crippen molar-refractivity contribution >= 4 is 0 Å². The summed E-state index contributed by atoms with van der Waals surface area (Å²) >= 11 is 0. The molecular formula is C20H36O15. The van der Waals surface area contributed by atoms with Crippen molar-refractivity contribution < 1.29 is 74.4 Å². The number of hydrogen-bond donors (Lipinski definition) is 9. The average Bonchev–Trinajstić information content (AvgIpc) is 2.85. The average molecular weight is 516 g/mol. The summed E-state index contributed by atoms with van der Waals surface area (Å²) in [5.41, 5.74) is 0. The van der Waals surface area contributed by atoms with Gasteiger partial charge in [-0.25, -0.2) is 0 Å². The Morgan fingerprint density at radius 2 is 1.17 bits per heavy atom. The molecule has 15 atom stereocenters. The molecule has 0 amide bonds. The van der Waals surface area contributed by atoms with Crippen LogP contribution in [0, 0.1) is 0 Å². The van der Waals surface area contributed by atoms with Crippen molar-refractivity contribution in [1.29, 1.82) is 0 Å². The van der Waals surface area contributed by atoms with E-state index in [1.165, 1.54) is 14.0 Å². The molecule has 3 aliphatic rings. The minimum atomic E-state index is -1.68. The molecule has 0 aromatic carbocycles. The molecule has 0 aromatic rings. The molecule has 3 fully saturated rings. The molecule has 35 heavy (non-hydrogen) atoms. The van der Waals surface area contributed by atoms with Crippen molar-refractivity contribution in [3.8, 4) is 0 Å². The van der Waals surface area contributed by atoms with Gasteiger partial charge in [-0.2, -0.15) is 0 Å². The van der Waals surface area contributed by atoms with Crippen LogP contribution in [-0.2, 0) is 28.4 Å². The maximum atomic E-state index is 10.6. The quantitative estimate of drug-likeness (QED) is 0.146. The van der Waals surface area contributed by atoms with Gasteiger partial charge in [-0.05, 0) is 6.92 Å². The lowest BCUT2D eigenvalue weighted by molar-refractivity contribution is -0.354. The number of methoxy groups -OCH3 is 1. The summed E-state index contributed by atoms with van der Waals surface area (Å²) in [6, 6.07) is 0. The summed E-state index contributed by atoms with van der Waals surface area (Å²) < 4.78 is 32.7. The number of aliphatic hydroxyl groups excluding tert-OH is 9. The van der Waals surface area contributed by atoms with Crippen molar-refractivity contribution in [3.05, 3.63) is 0 Å². The molecule has 3 heterocycles. The fourth-order valence-corrected chi connectivity index (χ4v) is 4.43. The lowest BCUT2D eigenvalue weighted by Crippen LogP contribution is -2.65. The first-order chi connectivity index (χ1) is 16.5. The first-order valence-electron chi connectivity index (χ1n) is 11.3. The van der Waals surface area contributed by atoms with Crippen LogP contribution < -0.4 is 0 Å². The van der Waals surface area contributed by atoms with Crippen LogP contribution in [0.4, 0.5) is 0 Å². The van der Waals surface area contributed by atoms with E-state index in [0.29, 0.717) is 0 Å². The van der Waals surface area contributed by atoms with E-state index in [1.807, 2.05) is 0 Å². The van der Waals surface area contributed by atoms with E-state index in [-0.39, 0.29) is 0 Å². The van der Waals surface area contributed by atoms with Crippen LogP contribution in [-0.4, -0.2) is 165 Å². The van der Waals surface area contributed by atoms with Gasteiger partial charge in [0.2, 0.25) is 0 Å². The summed E-state index contributed by atoms with van der Waals surface area (Å²) in [6.45, 7) is -0.168. The Balaban J connectivity index is 1.70. The zero-order chi connectivity index (χ0) is 26.0. The molecule has 3 rings (SSSR count). The second-order valence-corrected chi connectivity index (χ2v) is 8.90. The van der Waals surface area contributed by atoms with Gasteiger partial charge in [0.15, 0.2) is 12.6 Å². The standard InChI is InChI=1S/C20H36O15/c1-6-10(23)13(26)18(8(4-22)32-6)35-20-16(29)14(27)17(30-2)9(34-20)5-31-19-15(28)12(25)11(24)7(3-21)33-19/h6-29H,3-5H2,1-2H3/t6-,7?,8+,9?,10?,11+,12-,13?,14+,15?,16?,17+,18-,19+,20+/m1/s1. The summed E-state index contributed by atoms with van der Waals surface area (Å²) in [7, 11) is 1.24. The van der Waals surface area contributed by atoms with Crippen LogP contribution in [0.2, 0.25) is 0 Å². The van der Waals surface area contributed by atoms with E-state index in [2.05, 4.69) is 0 Å². The van der Waals surface area contributed by atoms with Gasteiger partial charge in [0.05, 0.1) is 25.9 Å². The first kappa shape index (κ1) is 29.0. The number of hydrogen-bond acceptors (Lipinski definition) is 15. The Labute approximate surface area is 200 Å². The van der Waals surface area contributed by atoms with E-state index in [0.717, 1.165) is 0 Å². The molecule has 15 nitrogen and oxygen atoms in total. The summed E-state index contributed by atoms with van der Waals surface area (Å²) in [5.74, 6) is 0. The number of ether oxygens (including phenoxy) is 6. The third-order valence-electron chi connectivity index (χ3n) is 6.58. The number of aliphatic hydroxyl groups is 9. The van der Waals surface area contributed by atoms with Gasteiger partial charge in [0.25, 0.3) is 0 Å². The third-order valence-corrected chi connectivity index (χ3v) is 6.58. The predicted octanol–water partition coefficient (Wildman–Crippen LogP) is -5.85. The van der Waals surface area contributed by atoms with Gasteiger partial charge >= 0.3 is 0 Å². The van der Waals surface area contributed by atoms with Crippen LogP contribution in [0.15, 0.2) is 0 Å². The molecule has 0 bridgehead atoms. The Hall–Kier alpha value is -0.600. The molecule has 206 valence electrons. The predicted molar refractivity (Wildman–Crippen MR) is 109 cm³/mol. The van der Waals surface area contributed by atoms with Crippen LogP contribution in [0.5, 0.6) is 0 Å². The molecule has 0 saturated carbocycles. The highest BCUT2D eigenvalue weighted by Gasteiger charge is 2.51. The SMILES string of the molecule is CO[C@H]1C(CO[C@H]2OC(CO)[C@H](O)[C@@H](O)C2O)O[C@@H](O[C@H]2C(O)C(O)[C@@H](C)O[C@H]2CO)C(O)[C@@H]1O. The smallest absolute Gasteiger partial charge is 0.187 e. The molecule has 6 unspecified atom stereocenters. The second-order valence-electron chi connectivity index (χ2n) is 8.90. The highest BCUT2D eigenvalue weighted by Crippen LogP contribution is 2.31. The number of rotatable bonds is 8. The zero-order valence-corrected chi connectivity index (χ0v) is 19.3. The summed E-state index contributed by atoms with van der Waals surface area (Å²) in [6.07, 6.45) is -20.8. The van der Waals surface area contributed by atoms with Crippen LogP contribution in [0.3, 0.4) is 0 Å². The van der Waals surface area contributed by atoms with Crippen molar-refractivity contribution in [2.45, 2.75) is 98.9 Å². The molecule has 0 aromatic heterocycles. The molecule has 15 heteroatoms. The van der Waals surface area contributed by atoms with E-state index < -0.39 is 112 Å². The topological polar surface area (TPSA) is 237 Å². The van der Waals surface area contributed by atoms with Crippen LogP contribution in [0.1, 0.15) is 6.92 Å². The monoisotopic (exact) mass is 516 g/mol. The van der Waals surface area contributed by atoms with E-state index in [1.54, 1.807) is 0 Å². The van der Waals surface area contributed by atoms with Crippen molar-refractivity contribution in [2.75, 3.05) is 26.9 Å². The fraction of sp³-hybridized carbons (Fsp3) is 1.00. The molecular weight excluding hydrogens is 480 g/mol. The van der Waals surface area contributed by atoms with Gasteiger partial charge in [0, 0.05) is 7.11 Å². The Bertz CT molecular complexity index is 652. The Morgan fingerprint density at radius 3 is 1.77 bits per heavy atom. The van der Waals surface area contributed by atoms with E-state index >= 15 is 0 Å². The molecule has 0 aliphatic carbocycles. The van der Waals surface area contributed by atoms with Crippen molar-refractivity contribution in [3.63, 3.8) is 0 Å². The molecule has 3 aliphatic heterocycles. The highest BCUT2D eigenvalue weighted by atomic mass is 16.7. The maximum absolute atomic E-state index is 10.6. The van der Waals surface area contributed by atoms with Gasteiger partial charge < -0.3 is 74.4 Å². The molecule has 9 N–H and O–H groups in total. The maximum Gasteiger partial charge on any atom is 0.187 e. The molecule has 0 spiro atoms. The Kier molecular flexibility index (Phi) is 10.2. The fourth-order valence-electron chi connectivity index (χ4n) is 4.43. The molecule has 3 saturated heterocycles. The van der Waals surface area contributed by atoms with Crippen LogP contribution >= 0.6 is 0 Å². The van der Waals surface area contributed by atoms with Crippen molar-refractivity contribution in [2.24, 2.45) is 0 Å². The van der Waals surface area contributed by atoms with Gasteiger partial charge in [0.1, 0.15) is 73.2 Å². The molecule has 0 radical (unpaired) electrons. The largest absolute Gasteiger partial charge is 0.394 e. The summed E-state index contributed by atoms with van der Waals surface area (Å²) in [5, 5.41) is 90.5.